The van der Waals surface area contributed by atoms with Gasteiger partial charge in [-0.25, -0.2) is 9.78 Å². The SMILES string of the molecule is COC(=O)c1cn(CC(=O)NCc2ccccc2Cl)c2nc(C)ccc2c1=O. The predicted octanol–water partition coefficient (Wildman–Crippen LogP) is 2.46. The number of carbonyl (C=O) groups excluding carboxylic acids is 2. The molecule has 7 nitrogen and oxygen atoms in total. The maximum Gasteiger partial charge on any atom is 0.343 e. The average molecular weight is 400 g/mol. The second-order valence-electron chi connectivity index (χ2n) is 6.18. The van der Waals surface area contributed by atoms with Crippen LogP contribution in [-0.2, 0) is 22.6 Å². The second kappa shape index (κ2) is 8.22. The predicted molar refractivity (Wildman–Crippen MR) is 105 cm³/mol. The number of aryl methyl sites for hydroxylation is 1. The van der Waals surface area contributed by atoms with Crippen LogP contribution in [0.25, 0.3) is 11.0 Å². The molecule has 0 bridgehead atoms. The molecule has 0 fully saturated rings. The number of carbonyl (C=O) groups is 2. The van der Waals surface area contributed by atoms with Crippen LogP contribution in [0.3, 0.4) is 0 Å². The van der Waals surface area contributed by atoms with E-state index in [0.717, 1.165) is 5.56 Å². The maximum atomic E-state index is 12.6. The lowest BCUT2D eigenvalue weighted by molar-refractivity contribution is -0.121. The fourth-order valence-corrected chi connectivity index (χ4v) is 2.98. The summed E-state index contributed by atoms with van der Waals surface area (Å²) in [5, 5.41) is 3.58. The number of methoxy groups -OCH3 is 1. The Labute approximate surface area is 165 Å². The van der Waals surface area contributed by atoms with Crippen LogP contribution in [0.1, 0.15) is 21.6 Å². The average Bonchev–Trinajstić information content (AvgIpc) is 2.68. The van der Waals surface area contributed by atoms with Crippen molar-refractivity contribution in [2.75, 3.05) is 7.11 Å². The van der Waals surface area contributed by atoms with Gasteiger partial charge in [0.05, 0.1) is 12.5 Å². The number of aromatic nitrogens is 2. The third-order valence-electron chi connectivity index (χ3n) is 4.21. The van der Waals surface area contributed by atoms with Crippen molar-refractivity contribution in [1.29, 1.82) is 0 Å². The summed E-state index contributed by atoms with van der Waals surface area (Å²) >= 11 is 6.10. The molecule has 0 spiro atoms. The van der Waals surface area contributed by atoms with Gasteiger partial charge in [0.15, 0.2) is 0 Å². The first kappa shape index (κ1) is 19.6. The number of hydrogen-bond acceptors (Lipinski definition) is 5. The number of benzene rings is 1. The molecule has 0 saturated carbocycles. The van der Waals surface area contributed by atoms with Gasteiger partial charge in [-0.15, -0.1) is 0 Å². The Morgan fingerprint density at radius 1 is 1.21 bits per heavy atom. The molecule has 2 aromatic heterocycles. The monoisotopic (exact) mass is 399 g/mol. The van der Waals surface area contributed by atoms with Crippen LogP contribution < -0.4 is 10.7 Å². The molecule has 2 heterocycles. The minimum Gasteiger partial charge on any atom is -0.465 e. The van der Waals surface area contributed by atoms with Crippen molar-refractivity contribution >= 4 is 34.5 Å². The molecule has 0 radical (unpaired) electrons. The first-order chi connectivity index (χ1) is 13.4. The van der Waals surface area contributed by atoms with Gasteiger partial charge in [-0.1, -0.05) is 29.8 Å². The standard InChI is InChI=1S/C20H18ClN3O4/c1-12-7-8-14-18(26)15(20(27)28-2)10-24(19(14)23-12)11-17(25)22-9-13-5-3-4-6-16(13)21/h3-8,10H,9,11H2,1-2H3,(H,22,25). The highest BCUT2D eigenvalue weighted by atomic mass is 35.5. The molecule has 0 aliphatic rings. The number of rotatable bonds is 5. The molecule has 1 amide bonds. The summed E-state index contributed by atoms with van der Waals surface area (Å²) in [5.41, 5.74) is 1.15. The summed E-state index contributed by atoms with van der Waals surface area (Å²) in [7, 11) is 1.19. The molecule has 144 valence electrons. The van der Waals surface area contributed by atoms with Crippen LogP contribution in [0.2, 0.25) is 5.02 Å². The Hall–Kier alpha value is -3.19. The van der Waals surface area contributed by atoms with Crippen molar-refractivity contribution in [3.8, 4) is 0 Å². The van der Waals surface area contributed by atoms with Crippen LogP contribution in [0, 0.1) is 6.92 Å². The van der Waals surface area contributed by atoms with E-state index < -0.39 is 11.4 Å². The van der Waals surface area contributed by atoms with E-state index in [1.807, 2.05) is 18.2 Å². The van der Waals surface area contributed by atoms with Crippen molar-refractivity contribution in [3.63, 3.8) is 0 Å². The quantitative estimate of drug-likeness (QED) is 0.665. The Bertz CT molecular complexity index is 1120. The summed E-state index contributed by atoms with van der Waals surface area (Å²) in [6.45, 7) is 1.91. The summed E-state index contributed by atoms with van der Waals surface area (Å²) < 4.78 is 6.15. The van der Waals surface area contributed by atoms with Crippen LogP contribution in [0.15, 0.2) is 47.4 Å². The number of nitrogens with zero attached hydrogens (tertiary/aromatic N) is 2. The summed E-state index contributed by atoms with van der Waals surface area (Å²) in [6.07, 6.45) is 1.30. The third-order valence-corrected chi connectivity index (χ3v) is 4.58. The Morgan fingerprint density at radius 3 is 2.68 bits per heavy atom. The lowest BCUT2D eigenvalue weighted by Gasteiger charge is -2.13. The molecule has 0 aliphatic heterocycles. The van der Waals surface area contributed by atoms with E-state index in [0.29, 0.717) is 16.4 Å². The Morgan fingerprint density at radius 2 is 1.96 bits per heavy atom. The second-order valence-corrected chi connectivity index (χ2v) is 6.59. The number of ether oxygens (including phenoxy) is 1. The van der Waals surface area contributed by atoms with Crippen molar-refractivity contribution in [3.05, 3.63) is 74.7 Å². The van der Waals surface area contributed by atoms with Gasteiger partial charge in [-0.2, -0.15) is 0 Å². The smallest absolute Gasteiger partial charge is 0.343 e. The third kappa shape index (κ3) is 4.04. The minimum atomic E-state index is -0.766. The lowest BCUT2D eigenvalue weighted by atomic mass is 10.2. The minimum absolute atomic E-state index is 0.123. The van der Waals surface area contributed by atoms with Crippen molar-refractivity contribution in [2.45, 2.75) is 20.0 Å². The molecule has 0 atom stereocenters. The zero-order valence-electron chi connectivity index (χ0n) is 15.4. The van der Waals surface area contributed by atoms with Gasteiger partial charge >= 0.3 is 5.97 Å². The van der Waals surface area contributed by atoms with Gasteiger partial charge in [0.1, 0.15) is 17.8 Å². The van der Waals surface area contributed by atoms with Crippen LogP contribution in [-0.4, -0.2) is 28.5 Å². The summed E-state index contributed by atoms with van der Waals surface area (Å²) in [6, 6.07) is 10.5. The number of amides is 1. The van der Waals surface area contributed by atoms with Crippen LogP contribution in [0.4, 0.5) is 0 Å². The summed E-state index contributed by atoms with van der Waals surface area (Å²) in [4.78, 5) is 41.3. The molecule has 0 aliphatic carbocycles. The van der Waals surface area contributed by atoms with Crippen molar-refractivity contribution in [2.24, 2.45) is 0 Å². The normalized spacial score (nSPS) is 10.7. The van der Waals surface area contributed by atoms with E-state index in [-0.39, 0.29) is 29.9 Å². The van der Waals surface area contributed by atoms with Crippen LogP contribution in [0.5, 0.6) is 0 Å². The molecule has 3 aromatic rings. The molecule has 1 aromatic carbocycles. The maximum absolute atomic E-state index is 12.6. The lowest BCUT2D eigenvalue weighted by Crippen LogP contribution is -2.29. The fourth-order valence-electron chi connectivity index (χ4n) is 2.78. The van der Waals surface area contributed by atoms with Crippen molar-refractivity contribution in [1.82, 2.24) is 14.9 Å². The van der Waals surface area contributed by atoms with E-state index in [1.165, 1.54) is 17.9 Å². The van der Waals surface area contributed by atoms with Gasteiger partial charge in [0, 0.05) is 23.5 Å². The highest BCUT2D eigenvalue weighted by Gasteiger charge is 2.18. The topological polar surface area (TPSA) is 90.3 Å². The zero-order chi connectivity index (χ0) is 20.3. The number of halogens is 1. The number of fused-ring (bicyclic) bond motifs is 1. The first-order valence-electron chi connectivity index (χ1n) is 8.50. The summed E-state index contributed by atoms with van der Waals surface area (Å²) in [5.74, 6) is -1.08. The highest BCUT2D eigenvalue weighted by molar-refractivity contribution is 6.31. The van der Waals surface area contributed by atoms with Gasteiger partial charge in [0.25, 0.3) is 0 Å². The van der Waals surface area contributed by atoms with Gasteiger partial charge < -0.3 is 14.6 Å². The fraction of sp³-hybridized carbons (Fsp3) is 0.200. The highest BCUT2D eigenvalue weighted by Crippen LogP contribution is 2.15. The number of esters is 1. The Balaban J connectivity index is 1.93. The molecular formula is C20H18ClN3O4. The molecule has 3 rings (SSSR count). The van der Waals surface area contributed by atoms with E-state index >= 15 is 0 Å². The number of pyridine rings is 2. The van der Waals surface area contributed by atoms with E-state index in [4.69, 9.17) is 11.6 Å². The van der Waals surface area contributed by atoms with Gasteiger partial charge in [-0.05, 0) is 30.7 Å². The van der Waals surface area contributed by atoms with E-state index in [9.17, 15) is 14.4 Å². The largest absolute Gasteiger partial charge is 0.465 e. The molecule has 1 N–H and O–H groups in total. The zero-order valence-corrected chi connectivity index (χ0v) is 16.1. The van der Waals surface area contributed by atoms with E-state index in [1.54, 1.807) is 25.1 Å². The molecule has 0 unspecified atom stereocenters. The van der Waals surface area contributed by atoms with Gasteiger partial charge in [-0.3, -0.25) is 9.59 Å². The molecule has 8 heteroatoms. The first-order valence-corrected chi connectivity index (χ1v) is 8.87. The molecule has 0 saturated heterocycles. The van der Waals surface area contributed by atoms with Crippen LogP contribution >= 0.6 is 11.6 Å². The van der Waals surface area contributed by atoms with E-state index in [2.05, 4.69) is 15.0 Å². The van der Waals surface area contributed by atoms with Crippen molar-refractivity contribution < 1.29 is 14.3 Å². The number of hydrogen-bond donors (Lipinski definition) is 1. The molecule has 28 heavy (non-hydrogen) atoms. The number of nitrogens with one attached hydrogen (secondary N) is 1. The van der Waals surface area contributed by atoms with Gasteiger partial charge in [0.2, 0.25) is 11.3 Å². The Kier molecular flexibility index (Phi) is 5.75. The molecular weight excluding hydrogens is 382 g/mol.